The van der Waals surface area contributed by atoms with Gasteiger partial charge in [0.1, 0.15) is 0 Å². The lowest BCUT2D eigenvalue weighted by Gasteiger charge is -2.58. The molecule has 0 radical (unpaired) electrons. The highest BCUT2D eigenvalue weighted by Gasteiger charge is 2.59. The number of rotatable bonds is 12. The highest BCUT2D eigenvalue weighted by atomic mass is 32.1. The summed E-state index contributed by atoms with van der Waals surface area (Å²) in [6.07, 6.45) is 23.8. The molecular weight excluding hydrogens is 444 g/mol. The Morgan fingerprint density at radius 3 is 2.49 bits per heavy atom. The first-order valence-corrected chi connectivity index (χ1v) is 16.3. The lowest BCUT2D eigenvalue weighted by atomic mass is 9.47. The van der Waals surface area contributed by atoms with Crippen LogP contribution in [0.5, 0.6) is 0 Å². The molecule has 0 spiro atoms. The Balaban J connectivity index is 1.34. The molecule has 35 heavy (non-hydrogen) atoms. The van der Waals surface area contributed by atoms with Crippen LogP contribution >= 0.6 is 12.6 Å². The zero-order chi connectivity index (χ0) is 25.1. The van der Waals surface area contributed by atoms with Crippen LogP contribution in [0.3, 0.4) is 0 Å². The molecule has 0 aliphatic heterocycles. The van der Waals surface area contributed by atoms with E-state index in [4.69, 9.17) is 4.74 Å². The standard InChI is InChI=1S/C33H58OS/c1-24(2)11-10-12-25(3)29-15-16-30-28-14-13-26-23-27(34-21-8-6-7-9-22-35)17-19-32(26,4)31(28)18-20-33(29,30)5/h13,24-25,27-31,35H,6-12,14-23H2,1-5H3/t25-,27+,28?,29-,30?,31?,32+,33-/m1/s1. The van der Waals surface area contributed by atoms with Gasteiger partial charge in [0.2, 0.25) is 0 Å². The van der Waals surface area contributed by atoms with Crippen LogP contribution < -0.4 is 0 Å². The fourth-order valence-electron chi connectivity index (χ4n) is 9.61. The van der Waals surface area contributed by atoms with Crippen molar-refractivity contribution in [3.8, 4) is 0 Å². The van der Waals surface area contributed by atoms with Gasteiger partial charge in [-0.3, -0.25) is 0 Å². The third-order valence-corrected chi connectivity index (χ3v) is 12.0. The second-order valence-electron chi connectivity index (χ2n) is 14.2. The van der Waals surface area contributed by atoms with E-state index in [1.807, 2.05) is 0 Å². The summed E-state index contributed by atoms with van der Waals surface area (Å²) < 4.78 is 6.41. The molecule has 3 unspecified atom stereocenters. The van der Waals surface area contributed by atoms with Crippen LogP contribution in [0, 0.1) is 46.3 Å². The van der Waals surface area contributed by atoms with Crippen LogP contribution in [-0.2, 0) is 4.74 Å². The predicted octanol–water partition coefficient (Wildman–Crippen LogP) is 9.90. The first kappa shape index (κ1) is 28.1. The molecule has 8 atom stereocenters. The molecule has 1 nitrogen and oxygen atoms in total. The quantitative estimate of drug-likeness (QED) is 0.159. The number of unbranched alkanes of at least 4 members (excludes halogenated alkanes) is 3. The summed E-state index contributed by atoms with van der Waals surface area (Å²) in [5.41, 5.74) is 2.84. The first-order chi connectivity index (χ1) is 16.8. The van der Waals surface area contributed by atoms with Gasteiger partial charge in [-0.25, -0.2) is 0 Å². The van der Waals surface area contributed by atoms with E-state index in [9.17, 15) is 0 Å². The van der Waals surface area contributed by atoms with E-state index in [0.717, 1.165) is 47.9 Å². The highest BCUT2D eigenvalue weighted by molar-refractivity contribution is 7.80. The van der Waals surface area contributed by atoms with Crippen LogP contribution in [-0.4, -0.2) is 18.5 Å². The largest absolute Gasteiger partial charge is 0.378 e. The Morgan fingerprint density at radius 2 is 1.71 bits per heavy atom. The van der Waals surface area contributed by atoms with E-state index in [1.54, 1.807) is 5.57 Å². The summed E-state index contributed by atoms with van der Waals surface area (Å²) in [6, 6.07) is 0. The summed E-state index contributed by atoms with van der Waals surface area (Å²) in [7, 11) is 0. The van der Waals surface area contributed by atoms with Gasteiger partial charge in [0.15, 0.2) is 0 Å². The van der Waals surface area contributed by atoms with Crippen molar-refractivity contribution in [2.24, 2.45) is 46.3 Å². The van der Waals surface area contributed by atoms with E-state index in [-0.39, 0.29) is 0 Å². The van der Waals surface area contributed by atoms with Crippen molar-refractivity contribution in [3.63, 3.8) is 0 Å². The van der Waals surface area contributed by atoms with Crippen molar-refractivity contribution in [1.82, 2.24) is 0 Å². The van der Waals surface area contributed by atoms with Crippen molar-refractivity contribution < 1.29 is 4.74 Å². The number of allylic oxidation sites excluding steroid dienone is 1. The number of hydrogen-bond acceptors (Lipinski definition) is 2. The van der Waals surface area contributed by atoms with Crippen LogP contribution in [0.2, 0.25) is 0 Å². The Kier molecular flexibility index (Phi) is 9.84. The fourth-order valence-corrected chi connectivity index (χ4v) is 9.84. The van der Waals surface area contributed by atoms with E-state index in [1.165, 1.54) is 96.3 Å². The van der Waals surface area contributed by atoms with Gasteiger partial charge in [0.05, 0.1) is 6.10 Å². The lowest BCUT2D eigenvalue weighted by molar-refractivity contribution is -0.0641. The van der Waals surface area contributed by atoms with Crippen molar-refractivity contribution in [2.45, 2.75) is 137 Å². The maximum absolute atomic E-state index is 6.41. The molecular formula is C33H58OS. The third-order valence-electron chi connectivity index (χ3n) is 11.7. The molecule has 4 aliphatic carbocycles. The maximum atomic E-state index is 6.41. The minimum absolute atomic E-state index is 0.456. The normalized spacial score (nSPS) is 39.6. The Morgan fingerprint density at radius 1 is 0.914 bits per heavy atom. The average molecular weight is 503 g/mol. The number of ether oxygens (including phenoxy) is 1. The van der Waals surface area contributed by atoms with Crippen LogP contribution in [0.4, 0.5) is 0 Å². The molecule has 4 rings (SSSR count). The molecule has 3 fully saturated rings. The van der Waals surface area contributed by atoms with E-state index >= 15 is 0 Å². The van der Waals surface area contributed by atoms with Gasteiger partial charge >= 0.3 is 0 Å². The smallest absolute Gasteiger partial charge is 0.0612 e. The number of thiol groups is 1. The molecule has 202 valence electrons. The summed E-state index contributed by atoms with van der Waals surface area (Å²) in [5.74, 6) is 6.61. The second-order valence-corrected chi connectivity index (χ2v) is 14.6. The van der Waals surface area contributed by atoms with Gasteiger partial charge in [0, 0.05) is 6.61 Å². The van der Waals surface area contributed by atoms with Gasteiger partial charge in [-0.15, -0.1) is 0 Å². The second kappa shape index (κ2) is 12.3. The van der Waals surface area contributed by atoms with Crippen molar-refractivity contribution >= 4 is 12.6 Å². The Hall–Kier alpha value is 0.0500. The monoisotopic (exact) mass is 502 g/mol. The molecule has 0 bridgehead atoms. The van der Waals surface area contributed by atoms with E-state index in [2.05, 4.69) is 53.3 Å². The van der Waals surface area contributed by atoms with Crippen LogP contribution in [0.1, 0.15) is 131 Å². The minimum Gasteiger partial charge on any atom is -0.378 e. The zero-order valence-electron chi connectivity index (χ0n) is 24.0. The molecule has 0 saturated heterocycles. The SMILES string of the molecule is CC(C)CCC[C@@H](C)[C@H]1CCC2C3CC=C4C[C@@H](OCCCCCCS)CC[C@]4(C)C3CC[C@@]21C. The van der Waals surface area contributed by atoms with Crippen molar-refractivity contribution in [3.05, 3.63) is 11.6 Å². The molecule has 2 heteroatoms. The predicted molar refractivity (Wildman–Crippen MR) is 155 cm³/mol. The molecule has 0 aromatic rings. The number of hydrogen-bond donors (Lipinski definition) is 1. The summed E-state index contributed by atoms with van der Waals surface area (Å²) in [6.45, 7) is 13.7. The molecule has 0 aromatic heterocycles. The molecule has 0 amide bonds. The zero-order valence-corrected chi connectivity index (χ0v) is 24.9. The van der Waals surface area contributed by atoms with Gasteiger partial charge in [0.25, 0.3) is 0 Å². The maximum Gasteiger partial charge on any atom is 0.0612 e. The van der Waals surface area contributed by atoms with Crippen LogP contribution in [0.15, 0.2) is 11.6 Å². The molecule has 0 N–H and O–H groups in total. The van der Waals surface area contributed by atoms with E-state index < -0.39 is 0 Å². The molecule has 0 aromatic carbocycles. The average Bonchev–Trinajstić information content (AvgIpc) is 3.18. The topological polar surface area (TPSA) is 9.23 Å². The molecule has 0 heterocycles. The van der Waals surface area contributed by atoms with E-state index in [0.29, 0.717) is 16.9 Å². The van der Waals surface area contributed by atoms with Crippen molar-refractivity contribution in [2.75, 3.05) is 12.4 Å². The summed E-state index contributed by atoms with van der Waals surface area (Å²) in [4.78, 5) is 0. The number of fused-ring (bicyclic) bond motifs is 5. The van der Waals surface area contributed by atoms with Gasteiger partial charge in [-0.1, -0.05) is 78.4 Å². The molecule has 4 aliphatic rings. The van der Waals surface area contributed by atoms with Gasteiger partial charge in [-0.05, 0) is 116 Å². The van der Waals surface area contributed by atoms with Crippen LogP contribution in [0.25, 0.3) is 0 Å². The molecule has 3 saturated carbocycles. The fraction of sp³-hybridized carbons (Fsp3) is 0.939. The summed E-state index contributed by atoms with van der Waals surface area (Å²) in [5, 5.41) is 0. The lowest BCUT2D eigenvalue weighted by Crippen LogP contribution is -2.51. The Labute approximate surface area is 224 Å². The Bertz CT molecular complexity index is 699. The minimum atomic E-state index is 0.456. The third kappa shape index (κ3) is 6.05. The summed E-state index contributed by atoms with van der Waals surface area (Å²) >= 11 is 4.33. The highest BCUT2D eigenvalue weighted by Crippen LogP contribution is 2.67. The van der Waals surface area contributed by atoms with Crippen molar-refractivity contribution in [1.29, 1.82) is 0 Å². The van der Waals surface area contributed by atoms with Gasteiger partial charge < -0.3 is 4.74 Å². The first-order valence-electron chi connectivity index (χ1n) is 15.7. The van der Waals surface area contributed by atoms with Gasteiger partial charge in [-0.2, -0.15) is 12.6 Å².